The lowest BCUT2D eigenvalue weighted by Crippen LogP contribution is -2.19. The van der Waals surface area contributed by atoms with E-state index in [4.69, 9.17) is 15.2 Å². The number of anilines is 1. The highest BCUT2D eigenvalue weighted by molar-refractivity contribution is 5.78. The zero-order valence-corrected chi connectivity index (χ0v) is 12.2. The molecule has 21 heavy (non-hydrogen) atoms. The van der Waals surface area contributed by atoms with Crippen molar-refractivity contribution in [1.29, 1.82) is 0 Å². The summed E-state index contributed by atoms with van der Waals surface area (Å²) in [4.78, 5) is 0. The van der Waals surface area contributed by atoms with Crippen molar-refractivity contribution in [3.8, 4) is 22.9 Å². The summed E-state index contributed by atoms with van der Waals surface area (Å²) < 4.78 is 12.4. The van der Waals surface area contributed by atoms with Gasteiger partial charge in [0.1, 0.15) is 11.5 Å². The van der Waals surface area contributed by atoms with Gasteiger partial charge in [0.2, 0.25) is 0 Å². The van der Waals surface area contributed by atoms with Crippen LogP contribution in [0.25, 0.3) is 11.4 Å². The second kappa shape index (κ2) is 5.59. The molecule has 0 amide bonds. The van der Waals surface area contributed by atoms with E-state index in [1.165, 1.54) is 19.3 Å². The highest BCUT2D eigenvalue weighted by Gasteiger charge is 2.22. The standard InChI is InChI=1S/C14H19N5O2/c1-20-10-6-11(13(15)12(7-10)21-2)14-16-17-18-19(14)8-9-4-3-5-9/h6-7,9H,3-5,8,15H2,1-2H3. The highest BCUT2D eigenvalue weighted by Crippen LogP contribution is 2.37. The van der Waals surface area contributed by atoms with E-state index in [1.807, 2.05) is 10.7 Å². The van der Waals surface area contributed by atoms with Gasteiger partial charge in [-0.2, -0.15) is 0 Å². The number of hydrogen-bond acceptors (Lipinski definition) is 6. The number of nitrogen functional groups attached to an aromatic ring is 1. The van der Waals surface area contributed by atoms with Gasteiger partial charge in [-0.25, -0.2) is 4.68 Å². The minimum atomic E-state index is 0.517. The van der Waals surface area contributed by atoms with Gasteiger partial charge in [-0.05, 0) is 35.3 Å². The SMILES string of the molecule is COc1cc(OC)c(N)c(-c2nnnn2CC2CCC2)c1. The second-order valence-electron chi connectivity index (χ2n) is 5.27. The lowest BCUT2D eigenvalue weighted by molar-refractivity contribution is 0.265. The number of rotatable bonds is 5. The van der Waals surface area contributed by atoms with Crippen LogP contribution in [0, 0.1) is 5.92 Å². The van der Waals surface area contributed by atoms with Gasteiger partial charge in [0, 0.05) is 12.6 Å². The van der Waals surface area contributed by atoms with Crippen molar-refractivity contribution in [2.45, 2.75) is 25.8 Å². The predicted molar refractivity (Wildman–Crippen MR) is 78.1 cm³/mol. The van der Waals surface area contributed by atoms with Gasteiger partial charge in [-0.15, -0.1) is 5.10 Å². The molecule has 0 saturated heterocycles. The highest BCUT2D eigenvalue weighted by atomic mass is 16.5. The lowest BCUT2D eigenvalue weighted by atomic mass is 9.85. The average Bonchev–Trinajstić information content (AvgIpc) is 2.91. The van der Waals surface area contributed by atoms with Crippen LogP contribution in [0.2, 0.25) is 0 Å². The first-order valence-electron chi connectivity index (χ1n) is 7.01. The Hall–Kier alpha value is -2.31. The second-order valence-corrected chi connectivity index (χ2v) is 5.27. The van der Waals surface area contributed by atoms with Crippen molar-refractivity contribution >= 4 is 5.69 Å². The zero-order valence-electron chi connectivity index (χ0n) is 12.2. The van der Waals surface area contributed by atoms with Gasteiger partial charge in [-0.1, -0.05) is 6.42 Å². The molecule has 0 unspecified atom stereocenters. The summed E-state index contributed by atoms with van der Waals surface area (Å²) in [6, 6.07) is 3.58. The van der Waals surface area contributed by atoms with Crippen molar-refractivity contribution < 1.29 is 9.47 Å². The van der Waals surface area contributed by atoms with Crippen LogP contribution in [0.1, 0.15) is 19.3 Å². The maximum Gasteiger partial charge on any atom is 0.184 e. The van der Waals surface area contributed by atoms with Gasteiger partial charge in [-0.3, -0.25) is 0 Å². The Morgan fingerprint density at radius 1 is 1.29 bits per heavy atom. The minimum Gasteiger partial charge on any atom is -0.497 e. The molecule has 1 aliphatic carbocycles. The van der Waals surface area contributed by atoms with Crippen LogP contribution >= 0.6 is 0 Å². The summed E-state index contributed by atoms with van der Waals surface area (Å²) >= 11 is 0. The van der Waals surface area contributed by atoms with Gasteiger partial charge < -0.3 is 15.2 Å². The largest absolute Gasteiger partial charge is 0.497 e. The number of ether oxygens (including phenoxy) is 2. The first kappa shape index (κ1) is 13.7. The molecular formula is C14H19N5O2. The summed E-state index contributed by atoms with van der Waals surface area (Å²) in [7, 11) is 3.18. The van der Waals surface area contributed by atoms with Crippen LogP contribution in [0.5, 0.6) is 11.5 Å². The molecule has 1 fully saturated rings. The molecule has 7 heteroatoms. The molecule has 1 aromatic heterocycles. The Balaban J connectivity index is 2.01. The van der Waals surface area contributed by atoms with Gasteiger partial charge in [0.25, 0.3) is 0 Å². The number of tetrazole rings is 1. The Bertz CT molecular complexity index is 636. The van der Waals surface area contributed by atoms with Gasteiger partial charge in [0.05, 0.1) is 25.5 Å². The monoisotopic (exact) mass is 289 g/mol. The number of methoxy groups -OCH3 is 2. The number of nitrogens with zero attached hydrogens (tertiary/aromatic N) is 4. The van der Waals surface area contributed by atoms with E-state index in [-0.39, 0.29) is 0 Å². The normalized spacial score (nSPS) is 14.8. The summed E-state index contributed by atoms with van der Waals surface area (Å²) in [6.45, 7) is 0.821. The van der Waals surface area contributed by atoms with Crippen molar-refractivity contribution in [3.05, 3.63) is 12.1 Å². The van der Waals surface area contributed by atoms with E-state index in [0.717, 1.165) is 12.1 Å². The average molecular weight is 289 g/mol. The van der Waals surface area contributed by atoms with Gasteiger partial charge in [0.15, 0.2) is 5.82 Å². The van der Waals surface area contributed by atoms with E-state index in [2.05, 4.69) is 15.5 Å². The van der Waals surface area contributed by atoms with Crippen molar-refractivity contribution in [2.24, 2.45) is 5.92 Å². The summed E-state index contributed by atoms with van der Waals surface area (Å²) in [5.41, 5.74) is 7.41. The fourth-order valence-electron chi connectivity index (χ4n) is 2.51. The molecule has 0 bridgehead atoms. The lowest BCUT2D eigenvalue weighted by Gasteiger charge is -2.25. The topological polar surface area (TPSA) is 88.1 Å². The third kappa shape index (κ3) is 2.51. The molecule has 0 radical (unpaired) electrons. The Labute approximate surface area is 123 Å². The van der Waals surface area contributed by atoms with E-state index in [0.29, 0.717) is 28.9 Å². The third-order valence-electron chi connectivity index (χ3n) is 4.00. The molecule has 2 aromatic rings. The molecule has 1 heterocycles. The Morgan fingerprint density at radius 3 is 2.71 bits per heavy atom. The number of benzene rings is 1. The summed E-state index contributed by atoms with van der Waals surface area (Å²) in [6.07, 6.45) is 3.75. The molecule has 0 spiro atoms. The number of hydrogen-bond donors (Lipinski definition) is 1. The third-order valence-corrected chi connectivity index (χ3v) is 4.00. The van der Waals surface area contributed by atoms with Crippen LogP contribution in [-0.2, 0) is 6.54 Å². The molecule has 1 saturated carbocycles. The molecule has 7 nitrogen and oxygen atoms in total. The number of aromatic nitrogens is 4. The van der Waals surface area contributed by atoms with E-state index in [9.17, 15) is 0 Å². The summed E-state index contributed by atoms with van der Waals surface area (Å²) in [5.74, 6) is 2.52. The van der Waals surface area contributed by atoms with Crippen molar-refractivity contribution in [3.63, 3.8) is 0 Å². The van der Waals surface area contributed by atoms with Crippen LogP contribution in [0.3, 0.4) is 0 Å². The van der Waals surface area contributed by atoms with Crippen LogP contribution in [-0.4, -0.2) is 34.4 Å². The van der Waals surface area contributed by atoms with Gasteiger partial charge >= 0.3 is 0 Å². The van der Waals surface area contributed by atoms with E-state index in [1.54, 1.807) is 20.3 Å². The van der Waals surface area contributed by atoms with E-state index >= 15 is 0 Å². The Kier molecular flexibility index (Phi) is 3.64. The first-order valence-corrected chi connectivity index (χ1v) is 7.01. The smallest absolute Gasteiger partial charge is 0.184 e. The molecular weight excluding hydrogens is 270 g/mol. The molecule has 2 N–H and O–H groups in total. The van der Waals surface area contributed by atoms with Crippen molar-refractivity contribution in [2.75, 3.05) is 20.0 Å². The minimum absolute atomic E-state index is 0.517. The maximum atomic E-state index is 6.17. The van der Waals surface area contributed by atoms with Crippen LogP contribution in [0.4, 0.5) is 5.69 Å². The molecule has 3 rings (SSSR count). The van der Waals surface area contributed by atoms with Crippen LogP contribution < -0.4 is 15.2 Å². The predicted octanol–water partition coefficient (Wildman–Crippen LogP) is 1.74. The van der Waals surface area contributed by atoms with Crippen molar-refractivity contribution in [1.82, 2.24) is 20.2 Å². The molecule has 1 aromatic carbocycles. The molecule has 0 atom stereocenters. The fraction of sp³-hybridized carbons (Fsp3) is 0.500. The maximum absolute atomic E-state index is 6.17. The molecule has 1 aliphatic rings. The fourth-order valence-corrected chi connectivity index (χ4v) is 2.51. The van der Waals surface area contributed by atoms with Crippen LogP contribution in [0.15, 0.2) is 12.1 Å². The molecule has 0 aliphatic heterocycles. The summed E-state index contributed by atoms with van der Waals surface area (Å²) in [5, 5.41) is 12.0. The number of nitrogens with two attached hydrogens (primary N) is 1. The van der Waals surface area contributed by atoms with E-state index < -0.39 is 0 Å². The zero-order chi connectivity index (χ0) is 14.8. The first-order chi connectivity index (χ1) is 10.2. The molecule has 112 valence electrons. The Morgan fingerprint density at radius 2 is 2.10 bits per heavy atom. The quantitative estimate of drug-likeness (QED) is 0.843.